The Kier molecular flexibility index (Phi) is 2.44. The maximum atomic E-state index is 11.5. The minimum Gasteiger partial charge on any atom is -0.461 e. The smallest absolute Gasteiger partial charge is 0.302 e. The summed E-state index contributed by atoms with van der Waals surface area (Å²) in [5.41, 5.74) is 0.813. The van der Waals surface area contributed by atoms with E-state index in [-0.39, 0.29) is 17.5 Å². The summed E-state index contributed by atoms with van der Waals surface area (Å²) in [6, 6.07) is 0. The minimum absolute atomic E-state index is 0.0872. The van der Waals surface area contributed by atoms with Gasteiger partial charge < -0.3 is 4.74 Å². The zero-order valence-corrected chi connectivity index (χ0v) is 12.2. The molecule has 3 rings (SSSR count). The third-order valence-electron chi connectivity index (χ3n) is 6.91. The van der Waals surface area contributed by atoms with Gasteiger partial charge >= 0.3 is 5.97 Å². The molecule has 3 fully saturated rings. The molecule has 3 atom stereocenters. The highest BCUT2D eigenvalue weighted by Gasteiger charge is 2.73. The largest absolute Gasteiger partial charge is 0.461 e. The molecular weight excluding hydrogens is 224 g/mol. The molecule has 0 aromatic rings. The second-order valence-corrected chi connectivity index (χ2v) is 7.66. The number of carbonyl (C=O) groups excluding carboxylic acids is 1. The van der Waals surface area contributed by atoms with E-state index in [1.54, 1.807) is 6.92 Å². The zero-order chi connectivity index (χ0) is 13.2. The molecule has 3 saturated carbocycles. The van der Waals surface area contributed by atoms with Gasteiger partial charge in [-0.2, -0.15) is 0 Å². The second-order valence-electron chi connectivity index (χ2n) is 7.66. The van der Waals surface area contributed by atoms with Crippen molar-refractivity contribution in [2.75, 3.05) is 0 Å². The van der Waals surface area contributed by atoms with Gasteiger partial charge in [0, 0.05) is 17.8 Å². The van der Waals surface area contributed by atoms with Gasteiger partial charge in [-0.3, -0.25) is 4.79 Å². The van der Waals surface area contributed by atoms with Crippen LogP contribution in [-0.4, -0.2) is 12.1 Å². The third-order valence-corrected chi connectivity index (χ3v) is 6.91. The Morgan fingerprint density at radius 3 is 2.28 bits per heavy atom. The van der Waals surface area contributed by atoms with Crippen molar-refractivity contribution in [2.24, 2.45) is 22.2 Å². The second kappa shape index (κ2) is 3.52. The predicted octanol–water partition coefficient (Wildman–Crippen LogP) is 3.93. The Balaban J connectivity index is 2.06. The molecule has 0 saturated heterocycles. The van der Waals surface area contributed by atoms with Gasteiger partial charge in [-0.1, -0.05) is 33.6 Å². The van der Waals surface area contributed by atoms with Crippen LogP contribution in [0.3, 0.4) is 0 Å². The van der Waals surface area contributed by atoms with Crippen LogP contribution in [0.4, 0.5) is 0 Å². The lowest BCUT2D eigenvalue weighted by molar-refractivity contribution is -0.165. The molecule has 2 bridgehead atoms. The fraction of sp³-hybridized carbons (Fsp3) is 0.938. The average molecular weight is 250 g/mol. The van der Waals surface area contributed by atoms with Crippen LogP contribution >= 0.6 is 0 Å². The number of hydrogen-bond donors (Lipinski definition) is 0. The minimum atomic E-state index is -0.0872. The number of carbonyl (C=O) groups is 1. The lowest BCUT2D eigenvalue weighted by Gasteiger charge is -2.44. The fourth-order valence-electron chi connectivity index (χ4n) is 5.87. The molecule has 0 amide bonds. The van der Waals surface area contributed by atoms with Crippen molar-refractivity contribution in [3.8, 4) is 0 Å². The maximum absolute atomic E-state index is 11.5. The van der Waals surface area contributed by atoms with Gasteiger partial charge in [-0.15, -0.1) is 0 Å². The highest BCUT2D eigenvalue weighted by Crippen LogP contribution is 2.76. The van der Waals surface area contributed by atoms with Crippen molar-refractivity contribution in [3.05, 3.63) is 0 Å². The van der Waals surface area contributed by atoms with Crippen LogP contribution in [-0.2, 0) is 9.53 Å². The normalized spacial score (nSPS) is 43.6. The molecule has 2 nitrogen and oxygen atoms in total. The van der Waals surface area contributed by atoms with Gasteiger partial charge in [0.25, 0.3) is 0 Å². The first-order valence-electron chi connectivity index (χ1n) is 7.52. The molecule has 0 heterocycles. The maximum Gasteiger partial charge on any atom is 0.302 e. The zero-order valence-electron chi connectivity index (χ0n) is 12.2. The summed E-state index contributed by atoms with van der Waals surface area (Å²) in [5.74, 6) is 0.665. The first-order valence-corrected chi connectivity index (χ1v) is 7.52. The number of hydrogen-bond acceptors (Lipinski definition) is 2. The summed E-state index contributed by atoms with van der Waals surface area (Å²) in [6.45, 7) is 8.77. The number of esters is 1. The first-order chi connectivity index (χ1) is 8.34. The summed E-state index contributed by atoms with van der Waals surface area (Å²) in [7, 11) is 0. The molecule has 0 N–H and O–H groups in total. The van der Waals surface area contributed by atoms with E-state index < -0.39 is 0 Å². The van der Waals surface area contributed by atoms with Crippen LogP contribution in [0, 0.1) is 22.2 Å². The lowest BCUT2D eigenvalue weighted by atomic mass is 9.66. The standard InChI is InChI=1S/C16H26O2/c1-11(17)18-13-15(4)10-7-12(14(15,2)3)16(13)8-5-6-9-16/h12-13H,5-10H2,1-4H3. The van der Waals surface area contributed by atoms with E-state index in [2.05, 4.69) is 20.8 Å². The van der Waals surface area contributed by atoms with Crippen molar-refractivity contribution < 1.29 is 9.53 Å². The van der Waals surface area contributed by atoms with Gasteiger partial charge in [-0.05, 0) is 37.0 Å². The molecule has 0 aliphatic heterocycles. The third kappa shape index (κ3) is 1.22. The Labute approximate surface area is 110 Å². The highest BCUT2D eigenvalue weighted by atomic mass is 16.5. The lowest BCUT2D eigenvalue weighted by Crippen LogP contribution is -2.45. The van der Waals surface area contributed by atoms with E-state index in [1.807, 2.05) is 0 Å². The first kappa shape index (κ1) is 12.5. The molecule has 2 heteroatoms. The molecule has 3 unspecified atom stereocenters. The molecule has 0 aromatic carbocycles. The van der Waals surface area contributed by atoms with Crippen molar-refractivity contribution in [3.63, 3.8) is 0 Å². The van der Waals surface area contributed by atoms with Gasteiger partial charge in [-0.25, -0.2) is 0 Å². The Bertz CT molecular complexity index is 379. The summed E-state index contributed by atoms with van der Waals surface area (Å²) in [6.07, 6.45) is 7.91. The topological polar surface area (TPSA) is 26.3 Å². The van der Waals surface area contributed by atoms with Crippen LogP contribution in [0.15, 0.2) is 0 Å². The Hall–Kier alpha value is -0.530. The number of rotatable bonds is 1. The fourth-order valence-corrected chi connectivity index (χ4v) is 5.87. The van der Waals surface area contributed by atoms with E-state index in [0.29, 0.717) is 10.8 Å². The Morgan fingerprint density at radius 1 is 1.11 bits per heavy atom. The van der Waals surface area contributed by atoms with Crippen LogP contribution in [0.5, 0.6) is 0 Å². The summed E-state index contributed by atoms with van der Waals surface area (Å²) >= 11 is 0. The van der Waals surface area contributed by atoms with Crippen LogP contribution in [0.25, 0.3) is 0 Å². The van der Waals surface area contributed by atoms with Gasteiger partial charge in [0.15, 0.2) is 0 Å². The van der Waals surface area contributed by atoms with Gasteiger partial charge in [0.05, 0.1) is 0 Å². The van der Waals surface area contributed by atoms with Crippen LogP contribution in [0.1, 0.15) is 66.2 Å². The van der Waals surface area contributed by atoms with Gasteiger partial charge in [0.1, 0.15) is 6.10 Å². The Morgan fingerprint density at radius 2 is 1.72 bits per heavy atom. The monoisotopic (exact) mass is 250 g/mol. The molecule has 1 spiro atoms. The molecule has 3 aliphatic carbocycles. The molecular formula is C16H26O2. The molecule has 102 valence electrons. The molecule has 18 heavy (non-hydrogen) atoms. The summed E-state index contributed by atoms with van der Waals surface area (Å²) in [5, 5.41) is 0. The van der Waals surface area contributed by atoms with E-state index in [9.17, 15) is 4.79 Å². The molecule has 3 aliphatic rings. The van der Waals surface area contributed by atoms with E-state index in [1.165, 1.54) is 38.5 Å². The van der Waals surface area contributed by atoms with Crippen molar-refractivity contribution in [1.29, 1.82) is 0 Å². The van der Waals surface area contributed by atoms with E-state index >= 15 is 0 Å². The summed E-state index contributed by atoms with van der Waals surface area (Å²) in [4.78, 5) is 11.5. The number of ether oxygens (including phenoxy) is 1. The van der Waals surface area contributed by atoms with Crippen molar-refractivity contribution >= 4 is 5.97 Å². The van der Waals surface area contributed by atoms with Gasteiger partial charge in [0.2, 0.25) is 0 Å². The highest BCUT2D eigenvalue weighted by molar-refractivity contribution is 5.66. The SMILES string of the molecule is CC(=O)OC1C2(CCCC2)C2CCC1(C)C2(C)C. The quantitative estimate of drug-likeness (QED) is 0.659. The average Bonchev–Trinajstić information content (AvgIpc) is 2.84. The summed E-state index contributed by atoms with van der Waals surface area (Å²) < 4.78 is 5.88. The van der Waals surface area contributed by atoms with E-state index in [4.69, 9.17) is 4.74 Å². The van der Waals surface area contributed by atoms with Crippen LogP contribution in [0.2, 0.25) is 0 Å². The molecule has 0 aromatic heterocycles. The van der Waals surface area contributed by atoms with E-state index in [0.717, 1.165) is 5.92 Å². The predicted molar refractivity (Wildman–Crippen MR) is 71.1 cm³/mol. The van der Waals surface area contributed by atoms with Crippen molar-refractivity contribution in [1.82, 2.24) is 0 Å². The van der Waals surface area contributed by atoms with Crippen molar-refractivity contribution in [2.45, 2.75) is 72.3 Å². The van der Waals surface area contributed by atoms with Crippen LogP contribution < -0.4 is 0 Å². The molecule has 0 radical (unpaired) electrons. The number of fused-ring (bicyclic) bond motifs is 3.